The molecule has 0 bridgehead atoms. The fraction of sp³-hybridized carbons (Fsp3) is 0.200. The van der Waals surface area contributed by atoms with Crippen LogP contribution < -0.4 is 0 Å². The molecule has 2 rings (SSSR count). The van der Waals surface area contributed by atoms with Gasteiger partial charge in [-0.2, -0.15) is 0 Å². The van der Waals surface area contributed by atoms with E-state index in [1.807, 2.05) is 49.7 Å². The molecule has 1 aromatic heterocycles. The Labute approximate surface area is 102 Å². The molecule has 0 saturated carbocycles. The van der Waals surface area contributed by atoms with Crippen molar-refractivity contribution in [3.05, 3.63) is 65.5 Å². The molecule has 0 amide bonds. The van der Waals surface area contributed by atoms with Crippen LogP contribution in [0.5, 0.6) is 0 Å². The van der Waals surface area contributed by atoms with Crippen LogP contribution in [-0.4, -0.2) is 11.2 Å². The zero-order chi connectivity index (χ0) is 12.1. The van der Waals surface area contributed by atoms with E-state index in [1.165, 1.54) is 11.1 Å². The van der Waals surface area contributed by atoms with Crippen LogP contribution in [0.25, 0.3) is 0 Å². The summed E-state index contributed by atoms with van der Waals surface area (Å²) in [6.07, 6.45) is 3.69. The predicted octanol–water partition coefficient (Wildman–Crippen LogP) is 3.57. The molecule has 0 fully saturated rings. The Balaban J connectivity index is 2.08. The molecule has 2 nitrogen and oxygen atoms in total. The molecule has 0 N–H and O–H groups in total. The van der Waals surface area contributed by atoms with Gasteiger partial charge in [-0.15, -0.1) is 0 Å². The van der Waals surface area contributed by atoms with E-state index in [0.29, 0.717) is 0 Å². The van der Waals surface area contributed by atoms with E-state index in [0.717, 1.165) is 5.69 Å². The summed E-state index contributed by atoms with van der Waals surface area (Å²) in [7, 11) is 0. The van der Waals surface area contributed by atoms with E-state index >= 15 is 0 Å². The van der Waals surface area contributed by atoms with Gasteiger partial charge in [0.05, 0.1) is 11.7 Å². The molecule has 0 aliphatic carbocycles. The maximum absolute atomic E-state index is 4.51. The van der Waals surface area contributed by atoms with Crippen LogP contribution in [0.15, 0.2) is 53.7 Å². The fourth-order valence-electron chi connectivity index (χ4n) is 1.56. The zero-order valence-corrected chi connectivity index (χ0v) is 10.2. The normalized spacial score (nSPS) is 12.8. The first-order chi connectivity index (χ1) is 8.25. The Bertz CT molecular complexity index is 486. The first kappa shape index (κ1) is 11.5. The smallest absolute Gasteiger partial charge is 0.0808 e. The number of nitrogens with zero attached hydrogens (tertiary/aromatic N) is 2. The molecule has 0 saturated heterocycles. The third-order valence-corrected chi connectivity index (χ3v) is 2.65. The Morgan fingerprint density at radius 2 is 1.88 bits per heavy atom. The van der Waals surface area contributed by atoms with Crippen LogP contribution in [0, 0.1) is 6.92 Å². The molecule has 17 heavy (non-hydrogen) atoms. The van der Waals surface area contributed by atoms with Crippen molar-refractivity contribution < 1.29 is 0 Å². The summed E-state index contributed by atoms with van der Waals surface area (Å²) in [5.74, 6) is 0. The van der Waals surface area contributed by atoms with Crippen molar-refractivity contribution in [1.82, 2.24) is 4.98 Å². The molecular formula is C15H16N2. The zero-order valence-electron chi connectivity index (χ0n) is 10.2. The summed E-state index contributed by atoms with van der Waals surface area (Å²) < 4.78 is 0. The minimum atomic E-state index is 0.166. The van der Waals surface area contributed by atoms with E-state index in [2.05, 4.69) is 29.0 Å². The molecular weight excluding hydrogens is 208 g/mol. The number of aromatic nitrogens is 1. The minimum absolute atomic E-state index is 0.166. The van der Waals surface area contributed by atoms with Gasteiger partial charge in [-0.3, -0.25) is 9.98 Å². The Morgan fingerprint density at radius 3 is 2.53 bits per heavy atom. The van der Waals surface area contributed by atoms with Gasteiger partial charge in [0.2, 0.25) is 0 Å². The standard InChI is InChI=1S/C15H16N2/c1-12-8-9-15(17-10-12)11-16-13(2)14-6-4-3-5-7-14/h3-11,13H,1-2H3/b16-11+/t13-/m0/s1. The molecule has 0 aliphatic rings. The lowest BCUT2D eigenvalue weighted by molar-refractivity contribution is 0.824. The van der Waals surface area contributed by atoms with E-state index in [1.54, 1.807) is 0 Å². The quantitative estimate of drug-likeness (QED) is 0.732. The predicted molar refractivity (Wildman–Crippen MR) is 71.4 cm³/mol. The fourth-order valence-corrected chi connectivity index (χ4v) is 1.56. The molecule has 86 valence electrons. The number of aryl methyl sites for hydroxylation is 1. The number of rotatable bonds is 3. The monoisotopic (exact) mass is 224 g/mol. The average molecular weight is 224 g/mol. The highest BCUT2D eigenvalue weighted by Crippen LogP contribution is 2.15. The summed E-state index contributed by atoms with van der Waals surface area (Å²) in [5.41, 5.74) is 3.28. The average Bonchev–Trinajstić information content (AvgIpc) is 2.39. The van der Waals surface area contributed by atoms with Gasteiger partial charge in [0.25, 0.3) is 0 Å². The van der Waals surface area contributed by atoms with Crippen molar-refractivity contribution in [2.24, 2.45) is 4.99 Å². The summed E-state index contributed by atoms with van der Waals surface area (Å²) in [6.45, 7) is 4.11. The molecule has 0 aliphatic heterocycles. The van der Waals surface area contributed by atoms with E-state index in [9.17, 15) is 0 Å². The van der Waals surface area contributed by atoms with Gasteiger partial charge < -0.3 is 0 Å². The van der Waals surface area contributed by atoms with Crippen molar-refractivity contribution in [3.63, 3.8) is 0 Å². The van der Waals surface area contributed by atoms with Gasteiger partial charge in [-0.05, 0) is 31.0 Å². The van der Waals surface area contributed by atoms with Crippen molar-refractivity contribution in [2.75, 3.05) is 0 Å². The van der Waals surface area contributed by atoms with E-state index in [4.69, 9.17) is 0 Å². The third kappa shape index (κ3) is 3.25. The van der Waals surface area contributed by atoms with E-state index < -0.39 is 0 Å². The first-order valence-corrected chi connectivity index (χ1v) is 5.76. The Hall–Kier alpha value is -1.96. The van der Waals surface area contributed by atoms with E-state index in [-0.39, 0.29) is 6.04 Å². The Kier molecular flexibility index (Phi) is 3.66. The number of pyridine rings is 1. The van der Waals surface area contributed by atoms with Crippen molar-refractivity contribution in [3.8, 4) is 0 Å². The molecule has 2 heteroatoms. The first-order valence-electron chi connectivity index (χ1n) is 5.76. The number of hydrogen-bond acceptors (Lipinski definition) is 2. The van der Waals surface area contributed by atoms with Crippen LogP contribution in [-0.2, 0) is 0 Å². The van der Waals surface area contributed by atoms with Crippen molar-refractivity contribution >= 4 is 6.21 Å². The van der Waals surface area contributed by atoms with Crippen molar-refractivity contribution in [1.29, 1.82) is 0 Å². The topological polar surface area (TPSA) is 25.2 Å². The highest BCUT2D eigenvalue weighted by Gasteiger charge is 2.00. The molecule has 0 radical (unpaired) electrons. The second kappa shape index (κ2) is 5.39. The SMILES string of the molecule is Cc1ccc(/C=N/[C@@H](C)c2ccccc2)nc1. The lowest BCUT2D eigenvalue weighted by Crippen LogP contribution is -1.92. The van der Waals surface area contributed by atoms with Crippen LogP contribution in [0.3, 0.4) is 0 Å². The summed E-state index contributed by atoms with van der Waals surface area (Å²) >= 11 is 0. The molecule has 1 atom stereocenters. The second-order valence-corrected chi connectivity index (χ2v) is 4.13. The summed E-state index contributed by atoms with van der Waals surface area (Å²) in [5, 5.41) is 0. The molecule has 1 heterocycles. The van der Waals surface area contributed by atoms with Gasteiger partial charge in [-0.1, -0.05) is 36.4 Å². The van der Waals surface area contributed by atoms with Crippen LogP contribution >= 0.6 is 0 Å². The largest absolute Gasteiger partial charge is 0.283 e. The van der Waals surface area contributed by atoms with Gasteiger partial charge in [0, 0.05) is 12.4 Å². The Morgan fingerprint density at radius 1 is 1.12 bits per heavy atom. The number of aliphatic imine (C=N–C) groups is 1. The summed E-state index contributed by atoms with van der Waals surface area (Å²) in [6, 6.07) is 14.4. The van der Waals surface area contributed by atoms with Crippen LogP contribution in [0.4, 0.5) is 0 Å². The summed E-state index contributed by atoms with van der Waals surface area (Å²) in [4.78, 5) is 8.80. The number of benzene rings is 1. The maximum Gasteiger partial charge on any atom is 0.0808 e. The van der Waals surface area contributed by atoms with Gasteiger partial charge in [0.1, 0.15) is 0 Å². The van der Waals surface area contributed by atoms with Crippen LogP contribution in [0.1, 0.15) is 29.8 Å². The lowest BCUT2D eigenvalue weighted by atomic mass is 10.1. The highest BCUT2D eigenvalue weighted by atomic mass is 14.8. The molecule has 1 aromatic carbocycles. The van der Waals surface area contributed by atoms with Crippen molar-refractivity contribution in [2.45, 2.75) is 19.9 Å². The molecule has 2 aromatic rings. The van der Waals surface area contributed by atoms with Crippen LogP contribution in [0.2, 0.25) is 0 Å². The third-order valence-electron chi connectivity index (χ3n) is 2.65. The van der Waals surface area contributed by atoms with Gasteiger partial charge in [0.15, 0.2) is 0 Å². The lowest BCUT2D eigenvalue weighted by Gasteiger charge is -2.05. The maximum atomic E-state index is 4.51. The minimum Gasteiger partial charge on any atom is -0.283 e. The molecule has 0 spiro atoms. The second-order valence-electron chi connectivity index (χ2n) is 4.13. The molecule has 0 unspecified atom stereocenters. The highest BCUT2D eigenvalue weighted by molar-refractivity contribution is 5.77. The van der Waals surface area contributed by atoms with Gasteiger partial charge >= 0.3 is 0 Å². The van der Waals surface area contributed by atoms with Gasteiger partial charge in [-0.25, -0.2) is 0 Å². The number of hydrogen-bond donors (Lipinski definition) is 0.